The maximum Gasteiger partial charge on any atom is 0.266 e. The van der Waals surface area contributed by atoms with Crippen LogP contribution in [0.3, 0.4) is 0 Å². The van der Waals surface area contributed by atoms with Crippen LogP contribution in [0.15, 0.2) is 48.7 Å². The Morgan fingerprint density at radius 1 is 1.35 bits per heavy atom. The average Bonchev–Trinajstić information content (AvgIpc) is 2.48. The molecule has 5 heteroatoms. The summed E-state index contributed by atoms with van der Waals surface area (Å²) in [5.74, 6) is 0.871. The first-order valence-electron chi connectivity index (χ1n) is 6.36. The molecule has 2 aromatic rings. The van der Waals surface area contributed by atoms with Crippen molar-refractivity contribution in [1.82, 2.24) is 4.98 Å². The van der Waals surface area contributed by atoms with Crippen molar-refractivity contribution < 1.29 is 9.53 Å². The number of ether oxygens (including phenoxy) is 1. The molecule has 0 fully saturated rings. The highest BCUT2D eigenvalue weighted by molar-refractivity contribution is 5.93. The van der Waals surface area contributed by atoms with Crippen molar-refractivity contribution in [1.29, 1.82) is 0 Å². The Balaban J connectivity index is 1.97. The van der Waals surface area contributed by atoms with Crippen molar-refractivity contribution in [3.8, 4) is 5.75 Å². The highest BCUT2D eigenvalue weighted by atomic mass is 16.5. The second kappa shape index (κ2) is 6.68. The minimum Gasteiger partial charge on any atom is -0.481 e. The topological polar surface area (TPSA) is 77.2 Å². The Kier molecular flexibility index (Phi) is 4.68. The number of benzene rings is 1. The molecule has 0 aliphatic rings. The van der Waals surface area contributed by atoms with Gasteiger partial charge < -0.3 is 15.8 Å². The smallest absolute Gasteiger partial charge is 0.266 e. The molecule has 0 aliphatic heterocycles. The van der Waals surface area contributed by atoms with Crippen molar-refractivity contribution in [3.05, 3.63) is 54.2 Å². The zero-order valence-corrected chi connectivity index (χ0v) is 11.2. The lowest BCUT2D eigenvalue weighted by atomic mass is 10.2. The Morgan fingerprint density at radius 2 is 2.10 bits per heavy atom. The van der Waals surface area contributed by atoms with Gasteiger partial charge in [-0.2, -0.15) is 0 Å². The first kappa shape index (κ1) is 14.0. The largest absolute Gasteiger partial charge is 0.481 e. The summed E-state index contributed by atoms with van der Waals surface area (Å²) >= 11 is 0. The number of para-hydroxylation sites is 1. The summed E-state index contributed by atoms with van der Waals surface area (Å²) in [7, 11) is 0. The van der Waals surface area contributed by atoms with E-state index < -0.39 is 6.10 Å². The summed E-state index contributed by atoms with van der Waals surface area (Å²) in [6, 6.07) is 12.7. The van der Waals surface area contributed by atoms with Gasteiger partial charge in [-0.05, 0) is 36.8 Å². The standard InChI is InChI=1S/C15H17N3O2/c1-11(20-13-5-3-2-4-6-13)15(19)18-14-9-12(10-16)7-8-17-14/h2-9,11H,10,16H2,1H3,(H,17,18,19)/t11-/m0/s1. The van der Waals surface area contributed by atoms with Crippen LogP contribution in [0, 0.1) is 0 Å². The van der Waals surface area contributed by atoms with Crippen molar-refractivity contribution >= 4 is 11.7 Å². The SMILES string of the molecule is C[C@H](Oc1ccccc1)C(=O)Nc1cc(CN)ccn1. The molecule has 20 heavy (non-hydrogen) atoms. The number of amides is 1. The third-order valence-corrected chi connectivity index (χ3v) is 2.74. The minimum atomic E-state index is -0.610. The minimum absolute atomic E-state index is 0.254. The molecule has 2 rings (SSSR count). The second-order valence-electron chi connectivity index (χ2n) is 4.32. The first-order valence-corrected chi connectivity index (χ1v) is 6.36. The Labute approximate surface area is 117 Å². The van der Waals surface area contributed by atoms with E-state index in [2.05, 4.69) is 10.3 Å². The van der Waals surface area contributed by atoms with Crippen LogP contribution in [0.25, 0.3) is 0 Å². The Morgan fingerprint density at radius 3 is 2.80 bits per heavy atom. The predicted octanol–water partition coefficient (Wildman–Crippen LogP) is 1.95. The number of nitrogens with zero attached hydrogens (tertiary/aromatic N) is 1. The Hall–Kier alpha value is -2.40. The van der Waals surface area contributed by atoms with E-state index in [9.17, 15) is 4.79 Å². The van der Waals surface area contributed by atoms with Gasteiger partial charge in [0.25, 0.3) is 5.91 Å². The highest BCUT2D eigenvalue weighted by Gasteiger charge is 2.15. The van der Waals surface area contributed by atoms with E-state index in [4.69, 9.17) is 10.5 Å². The van der Waals surface area contributed by atoms with E-state index in [-0.39, 0.29) is 5.91 Å². The fourth-order valence-electron chi connectivity index (χ4n) is 1.65. The molecule has 5 nitrogen and oxygen atoms in total. The molecular formula is C15H17N3O2. The normalized spacial score (nSPS) is 11.7. The number of rotatable bonds is 5. The van der Waals surface area contributed by atoms with Gasteiger partial charge >= 0.3 is 0 Å². The van der Waals surface area contributed by atoms with Gasteiger partial charge in [-0.3, -0.25) is 4.79 Å². The van der Waals surface area contributed by atoms with Gasteiger partial charge in [0.2, 0.25) is 0 Å². The number of nitrogens with one attached hydrogen (secondary N) is 1. The van der Waals surface area contributed by atoms with Crippen LogP contribution in [0.5, 0.6) is 5.75 Å². The lowest BCUT2D eigenvalue weighted by Gasteiger charge is -2.14. The molecule has 0 unspecified atom stereocenters. The van der Waals surface area contributed by atoms with Crippen LogP contribution < -0.4 is 15.8 Å². The van der Waals surface area contributed by atoms with Gasteiger partial charge in [-0.15, -0.1) is 0 Å². The van der Waals surface area contributed by atoms with Crippen LogP contribution in [-0.2, 0) is 11.3 Å². The molecule has 1 aromatic carbocycles. The summed E-state index contributed by atoms with van der Waals surface area (Å²) in [6.45, 7) is 2.09. The third kappa shape index (κ3) is 3.80. The van der Waals surface area contributed by atoms with Crippen molar-refractivity contribution in [2.24, 2.45) is 5.73 Å². The summed E-state index contributed by atoms with van der Waals surface area (Å²) < 4.78 is 5.54. The van der Waals surface area contributed by atoms with Crippen LogP contribution in [0.1, 0.15) is 12.5 Å². The fraction of sp³-hybridized carbons (Fsp3) is 0.200. The number of pyridine rings is 1. The molecule has 1 amide bonds. The zero-order valence-electron chi connectivity index (χ0n) is 11.2. The number of nitrogens with two attached hydrogens (primary N) is 1. The monoisotopic (exact) mass is 271 g/mol. The zero-order chi connectivity index (χ0) is 14.4. The van der Waals surface area contributed by atoms with Gasteiger partial charge in [0, 0.05) is 12.7 Å². The molecule has 0 bridgehead atoms. The number of aromatic nitrogens is 1. The number of carbonyl (C=O) groups excluding carboxylic acids is 1. The van der Waals surface area contributed by atoms with Gasteiger partial charge in [0.15, 0.2) is 6.10 Å². The van der Waals surface area contributed by atoms with E-state index >= 15 is 0 Å². The molecule has 0 saturated heterocycles. The third-order valence-electron chi connectivity index (χ3n) is 2.74. The molecule has 0 aliphatic carbocycles. The maximum atomic E-state index is 12.0. The van der Waals surface area contributed by atoms with Crippen LogP contribution in [0.2, 0.25) is 0 Å². The highest BCUT2D eigenvalue weighted by Crippen LogP contribution is 2.12. The van der Waals surface area contributed by atoms with Crippen LogP contribution >= 0.6 is 0 Å². The summed E-state index contributed by atoms with van der Waals surface area (Å²) in [5, 5.41) is 2.71. The molecule has 1 heterocycles. The number of hydrogen-bond donors (Lipinski definition) is 2. The Bertz CT molecular complexity index is 572. The summed E-state index contributed by atoms with van der Waals surface area (Å²) in [5.41, 5.74) is 6.46. The molecule has 0 radical (unpaired) electrons. The second-order valence-corrected chi connectivity index (χ2v) is 4.32. The molecular weight excluding hydrogens is 254 g/mol. The maximum absolute atomic E-state index is 12.0. The quantitative estimate of drug-likeness (QED) is 0.871. The molecule has 104 valence electrons. The predicted molar refractivity (Wildman–Crippen MR) is 77.3 cm³/mol. The van der Waals surface area contributed by atoms with E-state index in [1.807, 2.05) is 18.2 Å². The van der Waals surface area contributed by atoms with Gasteiger partial charge in [0.1, 0.15) is 11.6 Å². The number of anilines is 1. The van der Waals surface area contributed by atoms with Crippen molar-refractivity contribution in [2.75, 3.05) is 5.32 Å². The molecule has 0 spiro atoms. The van der Waals surface area contributed by atoms with E-state index in [1.165, 1.54) is 0 Å². The van der Waals surface area contributed by atoms with Crippen molar-refractivity contribution in [3.63, 3.8) is 0 Å². The summed E-state index contributed by atoms with van der Waals surface area (Å²) in [6.07, 6.45) is 1.00. The lowest BCUT2D eigenvalue weighted by Crippen LogP contribution is -2.30. The van der Waals surface area contributed by atoms with Gasteiger partial charge in [-0.1, -0.05) is 18.2 Å². The molecule has 3 N–H and O–H groups in total. The molecule has 1 aromatic heterocycles. The number of carbonyl (C=O) groups is 1. The van der Waals surface area contributed by atoms with E-state index in [0.717, 1.165) is 5.56 Å². The fourth-order valence-corrected chi connectivity index (χ4v) is 1.65. The van der Waals surface area contributed by atoms with Crippen molar-refractivity contribution in [2.45, 2.75) is 19.6 Å². The van der Waals surface area contributed by atoms with E-state index in [1.54, 1.807) is 37.4 Å². The van der Waals surface area contributed by atoms with Gasteiger partial charge in [0.05, 0.1) is 0 Å². The molecule has 1 atom stereocenters. The average molecular weight is 271 g/mol. The van der Waals surface area contributed by atoms with Gasteiger partial charge in [-0.25, -0.2) is 4.98 Å². The first-order chi connectivity index (χ1) is 9.69. The lowest BCUT2D eigenvalue weighted by molar-refractivity contribution is -0.122. The summed E-state index contributed by atoms with van der Waals surface area (Å²) in [4.78, 5) is 16.1. The van der Waals surface area contributed by atoms with E-state index in [0.29, 0.717) is 18.1 Å². The van der Waals surface area contributed by atoms with Crippen LogP contribution in [-0.4, -0.2) is 17.0 Å². The van der Waals surface area contributed by atoms with Crippen LogP contribution in [0.4, 0.5) is 5.82 Å². The molecule has 0 saturated carbocycles. The number of hydrogen-bond acceptors (Lipinski definition) is 4.